The first-order chi connectivity index (χ1) is 11.8. The van der Waals surface area contributed by atoms with E-state index in [0.717, 1.165) is 32.1 Å². The molecule has 0 aromatic heterocycles. The molecular formula is C17H18F3NO4. The van der Waals surface area contributed by atoms with E-state index in [4.69, 9.17) is 9.47 Å². The van der Waals surface area contributed by atoms with Crippen LogP contribution in [0.5, 0.6) is 0 Å². The summed E-state index contributed by atoms with van der Waals surface area (Å²) in [5, 5.41) is 0. The number of amides is 2. The molecule has 0 N–H and O–H groups in total. The molecule has 0 unspecified atom stereocenters. The Kier molecular flexibility index (Phi) is 4.49. The molecule has 8 heteroatoms. The van der Waals surface area contributed by atoms with Crippen LogP contribution in [0.15, 0.2) is 30.3 Å². The van der Waals surface area contributed by atoms with Crippen LogP contribution in [-0.4, -0.2) is 42.3 Å². The maximum atomic E-state index is 14.0. The molecule has 25 heavy (non-hydrogen) atoms. The van der Waals surface area contributed by atoms with E-state index < -0.39 is 35.9 Å². The molecule has 1 heterocycles. The molecule has 2 fully saturated rings. The van der Waals surface area contributed by atoms with E-state index in [2.05, 4.69) is 0 Å². The zero-order valence-corrected chi connectivity index (χ0v) is 13.6. The number of ether oxygens (including phenoxy) is 2. The number of carbonyl (C=O) groups is 2. The number of rotatable bonds is 3. The van der Waals surface area contributed by atoms with Gasteiger partial charge in [-0.05, 0) is 19.3 Å². The molecule has 136 valence electrons. The van der Waals surface area contributed by atoms with Crippen LogP contribution in [0, 0.1) is 0 Å². The lowest BCUT2D eigenvalue weighted by Gasteiger charge is -2.37. The summed E-state index contributed by atoms with van der Waals surface area (Å²) in [7, 11) is 0.818. The minimum Gasteiger partial charge on any atom is -0.444 e. The van der Waals surface area contributed by atoms with Crippen molar-refractivity contribution in [2.75, 3.05) is 7.11 Å². The van der Waals surface area contributed by atoms with Gasteiger partial charge in [0.2, 0.25) is 0 Å². The van der Waals surface area contributed by atoms with Crippen molar-refractivity contribution in [3.05, 3.63) is 35.9 Å². The van der Waals surface area contributed by atoms with Gasteiger partial charge in [0.25, 0.3) is 11.5 Å². The second-order valence-corrected chi connectivity index (χ2v) is 6.20. The van der Waals surface area contributed by atoms with Gasteiger partial charge in [-0.15, -0.1) is 0 Å². The molecule has 2 amide bonds. The largest absolute Gasteiger partial charge is 0.444 e. The van der Waals surface area contributed by atoms with Gasteiger partial charge in [0.15, 0.2) is 0 Å². The van der Waals surface area contributed by atoms with E-state index in [1.54, 1.807) is 0 Å². The summed E-state index contributed by atoms with van der Waals surface area (Å²) >= 11 is 0. The summed E-state index contributed by atoms with van der Waals surface area (Å²) in [5.41, 5.74) is -3.62. The smallest absolute Gasteiger partial charge is 0.430 e. The lowest BCUT2D eigenvalue weighted by atomic mass is 9.88. The number of imide groups is 1. The molecule has 3 rings (SSSR count). The molecule has 0 bridgehead atoms. The predicted octanol–water partition coefficient (Wildman–Crippen LogP) is 3.38. The summed E-state index contributed by atoms with van der Waals surface area (Å²) in [6.07, 6.45) is -4.14. The van der Waals surface area contributed by atoms with Crippen LogP contribution in [0.4, 0.5) is 18.0 Å². The Morgan fingerprint density at radius 2 is 1.84 bits per heavy atom. The van der Waals surface area contributed by atoms with Gasteiger partial charge in [-0.3, -0.25) is 4.79 Å². The molecule has 1 saturated carbocycles. The van der Waals surface area contributed by atoms with Crippen LogP contribution in [0.3, 0.4) is 0 Å². The maximum Gasteiger partial charge on any atom is 0.430 e. The van der Waals surface area contributed by atoms with Crippen LogP contribution in [0.2, 0.25) is 0 Å². The van der Waals surface area contributed by atoms with Gasteiger partial charge in [0, 0.05) is 12.7 Å². The third-order valence-corrected chi connectivity index (χ3v) is 4.85. The third-order valence-electron chi connectivity index (χ3n) is 4.85. The number of hydrogen-bond acceptors (Lipinski definition) is 4. The first kappa shape index (κ1) is 17.7. The third kappa shape index (κ3) is 2.68. The fraction of sp³-hybridized carbons (Fsp3) is 0.529. The van der Waals surface area contributed by atoms with Gasteiger partial charge in [0.05, 0.1) is 6.04 Å². The highest BCUT2D eigenvalue weighted by molar-refractivity contribution is 5.99. The molecule has 1 aliphatic heterocycles. The molecule has 0 radical (unpaired) electrons. The van der Waals surface area contributed by atoms with Crippen LogP contribution < -0.4 is 0 Å². The second-order valence-electron chi connectivity index (χ2n) is 6.20. The van der Waals surface area contributed by atoms with Crippen LogP contribution in [0.25, 0.3) is 0 Å². The highest BCUT2D eigenvalue weighted by Gasteiger charge is 2.66. The van der Waals surface area contributed by atoms with Crippen molar-refractivity contribution in [2.24, 2.45) is 0 Å². The number of nitrogens with zero attached hydrogens (tertiary/aromatic N) is 1. The second kappa shape index (κ2) is 6.33. The van der Waals surface area contributed by atoms with E-state index in [-0.39, 0.29) is 5.56 Å². The predicted molar refractivity (Wildman–Crippen MR) is 80.6 cm³/mol. The molecule has 2 aliphatic rings. The number of hydrogen-bond donors (Lipinski definition) is 0. The maximum absolute atomic E-state index is 14.0. The van der Waals surface area contributed by atoms with Crippen LogP contribution >= 0.6 is 0 Å². The average molecular weight is 357 g/mol. The Morgan fingerprint density at radius 1 is 1.20 bits per heavy atom. The summed E-state index contributed by atoms with van der Waals surface area (Å²) < 4.78 is 51.9. The van der Waals surface area contributed by atoms with Crippen molar-refractivity contribution >= 4 is 12.0 Å². The van der Waals surface area contributed by atoms with Crippen molar-refractivity contribution in [2.45, 2.75) is 49.6 Å². The SMILES string of the molecule is CO[C@](C(=O)N1C(=O)O[C@@H]2CCCC[C@H]21)(c1ccccc1)C(F)(F)F. The summed E-state index contributed by atoms with van der Waals surface area (Å²) in [6, 6.07) is 5.94. The van der Waals surface area contributed by atoms with Gasteiger partial charge in [-0.2, -0.15) is 13.2 Å². The zero-order valence-electron chi connectivity index (χ0n) is 13.6. The van der Waals surface area contributed by atoms with Gasteiger partial charge < -0.3 is 9.47 Å². The molecule has 3 atom stereocenters. The van der Waals surface area contributed by atoms with Crippen molar-refractivity contribution in [3.8, 4) is 0 Å². The van der Waals surface area contributed by atoms with Crippen molar-refractivity contribution in [1.82, 2.24) is 4.90 Å². The minimum absolute atomic E-state index is 0.373. The Balaban J connectivity index is 2.07. The normalized spacial score (nSPS) is 25.9. The van der Waals surface area contributed by atoms with E-state index >= 15 is 0 Å². The Bertz CT molecular complexity index is 664. The number of fused-ring (bicyclic) bond motifs is 1. The highest BCUT2D eigenvalue weighted by Crippen LogP contribution is 2.45. The number of carbonyl (C=O) groups excluding carboxylic acids is 2. The summed E-state index contributed by atoms with van der Waals surface area (Å²) in [5.74, 6) is -1.45. The Hall–Kier alpha value is -2.09. The lowest BCUT2D eigenvalue weighted by molar-refractivity contribution is -0.269. The monoisotopic (exact) mass is 357 g/mol. The van der Waals surface area contributed by atoms with E-state index in [1.807, 2.05) is 0 Å². The van der Waals surface area contributed by atoms with Gasteiger partial charge >= 0.3 is 12.3 Å². The number of methoxy groups -OCH3 is 1. The van der Waals surface area contributed by atoms with Gasteiger partial charge in [-0.1, -0.05) is 36.8 Å². The fourth-order valence-corrected chi connectivity index (χ4v) is 3.64. The summed E-state index contributed by atoms with van der Waals surface area (Å²) in [4.78, 5) is 25.8. The first-order valence-corrected chi connectivity index (χ1v) is 8.04. The van der Waals surface area contributed by atoms with E-state index in [9.17, 15) is 22.8 Å². The number of alkyl halides is 3. The number of halogens is 3. The average Bonchev–Trinajstić information content (AvgIpc) is 2.91. The quantitative estimate of drug-likeness (QED) is 0.832. The van der Waals surface area contributed by atoms with Crippen molar-refractivity contribution in [3.63, 3.8) is 0 Å². The standard InChI is InChI=1S/C17H18F3NO4/c1-24-16(17(18,19)20,11-7-3-2-4-8-11)14(22)21-12-9-5-6-10-13(12)25-15(21)23/h2-4,7-8,12-13H,5-6,9-10H2,1H3/t12-,13-,16+/m1/s1. The van der Waals surface area contributed by atoms with Crippen molar-refractivity contribution < 1.29 is 32.2 Å². The Labute approximate surface area is 142 Å². The Morgan fingerprint density at radius 3 is 2.44 bits per heavy atom. The molecular weight excluding hydrogens is 339 g/mol. The van der Waals surface area contributed by atoms with Gasteiger partial charge in [-0.25, -0.2) is 9.69 Å². The number of benzene rings is 1. The van der Waals surface area contributed by atoms with Crippen LogP contribution in [0.1, 0.15) is 31.2 Å². The van der Waals surface area contributed by atoms with Crippen LogP contribution in [-0.2, 0) is 19.9 Å². The molecule has 0 spiro atoms. The highest BCUT2D eigenvalue weighted by atomic mass is 19.4. The molecule has 5 nitrogen and oxygen atoms in total. The van der Waals surface area contributed by atoms with E-state index in [1.165, 1.54) is 18.2 Å². The lowest BCUT2D eigenvalue weighted by Crippen LogP contribution is -2.59. The molecule has 1 aromatic rings. The summed E-state index contributed by atoms with van der Waals surface area (Å²) in [6.45, 7) is 0. The molecule has 1 aliphatic carbocycles. The van der Waals surface area contributed by atoms with Crippen molar-refractivity contribution in [1.29, 1.82) is 0 Å². The van der Waals surface area contributed by atoms with E-state index in [0.29, 0.717) is 17.7 Å². The fourth-order valence-electron chi connectivity index (χ4n) is 3.64. The van der Waals surface area contributed by atoms with Gasteiger partial charge in [0.1, 0.15) is 6.10 Å². The zero-order chi connectivity index (χ0) is 18.2. The topological polar surface area (TPSA) is 55.8 Å². The first-order valence-electron chi connectivity index (χ1n) is 8.04. The molecule has 1 saturated heterocycles. The minimum atomic E-state index is -5.05. The molecule has 1 aromatic carbocycles.